The van der Waals surface area contributed by atoms with Crippen molar-refractivity contribution in [2.75, 3.05) is 0 Å². The number of aryl methyl sites for hydroxylation is 2. The van der Waals surface area contributed by atoms with Gasteiger partial charge in [-0.2, -0.15) is 0 Å². The van der Waals surface area contributed by atoms with Gasteiger partial charge in [0.2, 0.25) is 0 Å². The number of benzene rings is 1. The number of nitrogens with zero attached hydrogens (tertiary/aromatic N) is 1. The molecule has 2 aromatic rings. The Kier molecular flexibility index (Phi) is 3.88. The molecule has 0 unspecified atom stereocenters. The molecule has 2 N–H and O–H groups in total. The Morgan fingerprint density at radius 2 is 2.13 bits per heavy atom. The molecule has 122 valence electrons. The fraction of sp³-hybridized carbons (Fsp3) is 0.444. The lowest BCUT2D eigenvalue weighted by Crippen LogP contribution is -2.31. The summed E-state index contributed by atoms with van der Waals surface area (Å²) >= 11 is 0. The summed E-state index contributed by atoms with van der Waals surface area (Å²) in [7, 11) is 0. The van der Waals surface area contributed by atoms with Crippen molar-refractivity contribution in [3.63, 3.8) is 0 Å². The minimum atomic E-state index is -0.811. The number of amides is 1. The molecule has 1 aromatic heterocycles. The Hall–Kier alpha value is -2.30. The van der Waals surface area contributed by atoms with Crippen LogP contribution in [0.4, 0.5) is 4.79 Å². The Balaban J connectivity index is 1.83. The highest BCUT2D eigenvalue weighted by molar-refractivity contribution is 6.08. The van der Waals surface area contributed by atoms with E-state index in [1.54, 1.807) is 13.8 Å². The average Bonchev–Trinajstić information content (AvgIpc) is 2.85. The van der Waals surface area contributed by atoms with Gasteiger partial charge in [-0.3, -0.25) is 4.79 Å². The standard InChI is InChI=1S/C18H22N2O3/c1-18(2,23-17(19)22)9-8-15(21)14-11-20-10-4-6-12-5-3-7-13(14)16(12)20/h3,5,7,11H,4,6,8-10H2,1-2H3,(H2,19,22). The van der Waals surface area contributed by atoms with E-state index < -0.39 is 11.7 Å². The third kappa shape index (κ3) is 3.09. The smallest absolute Gasteiger partial charge is 0.405 e. The summed E-state index contributed by atoms with van der Waals surface area (Å²) in [4.78, 5) is 23.6. The van der Waals surface area contributed by atoms with E-state index in [4.69, 9.17) is 10.5 Å². The van der Waals surface area contributed by atoms with E-state index >= 15 is 0 Å². The van der Waals surface area contributed by atoms with E-state index in [9.17, 15) is 9.59 Å². The van der Waals surface area contributed by atoms with Gasteiger partial charge in [0.25, 0.3) is 0 Å². The number of para-hydroxylation sites is 1. The second kappa shape index (κ2) is 5.72. The van der Waals surface area contributed by atoms with Gasteiger partial charge in [-0.05, 0) is 38.7 Å². The van der Waals surface area contributed by atoms with Gasteiger partial charge in [-0.25, -0.2) is 4.79 Å². The summed E-state index contributed by atoms with van der Waals surface area (Å²) in [5, 5.41) is 1.03. The SMILES string of the molecule is CC(C)(CCC(=O)c1cn2c3c(cccc13)CCC2)OC(N)=O. The third-order valence-electron chi connectivity index (χ3n) is 4.46. The summed E-state index contributed by atoms with van der Waals surface area (Å²) in [6.07, 6.45) is 4.10. The number of carbonyl (C=O) groups excluding carboxylic acids is 2. The lowest BCUT2D eigenvalue weighted by atomic mass is 9.96. The molecule has 1 aliphatic rings. The van der Waals surface area contributed by atoms with E-state index in [-0.39, 0.29) is 5.78 Å². The predicted octanol–water partition coefficient (Wildman–Crippen LogP) is 3.42. The zero-order chi connectivity index (χ0) is 16.6. The highest BCUT2D eigenvalue weighted by Gasteiger charge is 2.25. The van der Waals surface area contributed by atoms with Crippen LogP contribution in [0.2, 0.25) is 0 Å². The summed E-state index contributed by atoms with van der Waals surface area (Å²) in [5.41, 5.74) is 7.59. The van der Waals surface area contributed by atoms with Gasteiger partial charge in [0, 0.05) is 30.1 Å². The molecule has 3 rings (SSSR count). The maximum Gasteiger partial charge on any atom is 0.405 e. The minimum absolute atomic E-state index is 0.0777. The molecule has 5 nitrogen and oxygen atoms in total. The van der Waals surface area contributed by atoms with Crippen LogP contribution in [0, 0.1) is 0 Å². The molecular weight excluding hydrogens is 292 g/mol. The zero-order valence-electron chi connectivity index (χ0n) is 13.6. The molecule has 0 bridgehead atoms. The van der Waals surface area contributed by atoms with Gasteiger partial charge in [-0.15, -0.1) is 0 Å². The average molecular weight is 314 g/mol. The number of hydrogen-bond donors (Lipinski definition) is 1. The van der Waals surface area contributed by atoms with Gasteiger partial charge < -0.3 is 15.0 Å². The first-order chi connectivity index (χ1) is 10.9. The fourth-order valence-corrected chi connectivity index (χ4v) is 3.35. The van der Waals surface area contributed by atoms with Crippen LogP contribution >= 0.6 is 0 Å². The van der Waals surface area contributed by atoms with Gasteiger partial charge in [-0.1, -0.05) is 18.2 Å². The van der Waals surface area contributed by atoms with Gasteiger partial charge in [0.1, 0.15) is 5.60 Å². The van der Waals surface area contributed by atoms with Crippen LogP contribution in [0.25, 0.3) is 10.9 Å². The highest BCUT2D eigenvalue weighted by atomic mass is 16.6. The van der Waals surface area contributed by atoms with Gasteiger partial charge in [0.15, 0.2) is 5.78 Å². The summed E-state index contributed by atoms with van der Waals surface area (Å²) in [6.45, 7) is 4.48. The van der Waals surface area contributed by atoms with E-state index in [0.717, 1.165) is 30.3 Å². The number of Topliss-reactive ketones (excluding diaryl/α,β-unsaturated/α-hetero) is 1. The number of ketones is 1. The molecular formula is C18H22N2O3. The number of nitrogens with two attached hydrogens (primary N) is 1. The van der Waals surface area contributed by atoms with Crippen molar-refractivity contribution >= 4 is 22.8 Å². The quantitative estimate of drug-likeness (QED) is 0.859. The molecule has 2 heterocycles. The lowest BCUT2D eigenvalue weighted by Gasteiger charge is -2.23. The molecule has 0 atom stereocenters. The van der Waals surface area contributed by atoms with E-state index in [0.29, 0.717) is 12.8 Å². The maximum absolute atomic E-state index is 12.7. The Morgan fingerprint density at radius 1 is 1.35 bits per heavy atom. The molecule has 1 amide bonds. The van der Waals surface area contributed by atoms with E-state index in [1.807, 2.05) is 18.3 Å². The number of hydrogen-bond acceptors (Lipinski definition) is 3. The second-order valence-corrected chi connectivity index (χ2v) is 6.76. The number of ether oxygens (including phenoxy) is 1. The van der Waals surface area contributed by atoms with Crippen LogP contribution in [0.3, 0.4) is 0 Å². The summed E-state index contributed by atoms with van der Waals surface area (Å²) in [5.74, 6) is 0.0777. The van der Waals surface area contributed by atoms with Crippen LogP contribution in [-0.4, -0.2) is 22.0 Å². The van der Waals surface area contributed by atoms with Crippen LogP contribution in [0.5, 0.6) is 0 Å². The molecule has 0 spiro atoms. The fourth-order valence-electron chi connectivity index (χ4n) is 3.35. The number of carbonyl (C=O) groups is 2. The molecule has 0 fully saturated rings. The van der Waals surface area contributed by atoms with E-state index in [1.165, 1.54) is 11.1 Å². The van der Waals surface area contributed by atoms with Crippen LogP contribution in [0.1, 0.15) is 49.0 Å². The molecule has 5 heteroatoms. The summed E-state index contributed by atoms with van der Waals surface area (Å²) in [6, 6.07) is 6.17. The van der Waals surface area contributed by atoms with Crippen LogP contribution in [-0.2, 0) is 17.7 Å². The Morgan fingerprint density at radius 3 is 2.87 bits per heavy atom. The monoisotopic (exact) mass is 314 g/mol. The topological polar surface area (TPSA) is 74.3 Å². The number of rotatable bonds is 5. The molecule has 0 aliphatic carbocycles. The van der Waals surface area contributed by atoms with Crippen molar-refractivity contribution in [1.29, 1.82) is 0 Å². The highest BCUT2D eigenvalue weighted by Crippen LogP contribution is 2.30. The van der Waals surface area contributed by atoms with Crippen molar-refractivity contribution in [3.8, 4) is 0 Å². The lowest BCUT2D eigenvalue weighted by molar-refractivity contribution is 0.0367. The van der Waals surface area contributed by atoms with E-state index in [2.05, 4.69) is 10.6 Å². The molecule has 0 saturated carbocycles. The van der Waals surface area contributed by atoms with Gasteiger partial charge >= 0.3 is 6.09 Å². The molecule has 0 radical (unpaired) electrons. The molecule has 23 heavy (non-hydrogen) atoms. The van der Waals surface area contributed by atoms with Crippen molar-refractivity contribution < 1.29 is 14.3 Å². The first kappa shape index (κ1) is 15.6. The Bertz CT molecular complexity index is 774. The predicted molar refractivity (Wildman–Crippen MR) is 88.6 cm³/mol. The van der Waals surface area contributed by atoms with Crippen molar-refractivity contribution in [3.05, 3.63) is 35.5 Å². The normalized spacial score (nSPS) is 14.0. The number of primary amides is 1. The second-order valence-electron chi connectivity index (χ2n) is 6.76. The summed E-state index contributed by atoms with van der Waals surface area (Å²) < 4.78 is 7.24. The van der Waals surface area contributed by atoms with Crippen LogP contribution in [0.15, 0.2) is 24.4 Å². The molecule has 1 aromatic carbocycles. The maximum atomic E-state index is 12.7. The van der Waals surface area contributed by atoms with Crippen molar-refractivity contribution in [2.45, 2.75) is 51.7 Å². The molecule has 0 saturated heterocycles. The number of aromatic nitrogens is 1. The first-order valence-corrected chi connectivity index (χ1v) is 8.00. The zero-order valence-corrected chi connectivity index (χ0v) is 13.6. The Labute approximate surface area is 135 Å². The largest absolute Gasteiger partial charge is 0.444 e. The van der Waals surface area contributed by atoms with Crippen LogP contribution < -0.4 is 5.73 Å². The molecule has 1 aliphatic heterocycles. The first-order valence-electron chi connectivity index (χ1n) is 8.00. The third-order valence-corrected chi connectivity index (χ3v) is 4.46. The van der Waals surface area contributed by atoms with Crippen molar-refractivity contribution in [2.24, 2.45) is 5.73 Å². The minimum Gasteiger partial charge on any atom is -0.444 e. The van der Waals surface area contributed by atoms with Gasteiger partial charge in [0.05, 0.1) is 5.52 Å². The van der Waals surface area contributed by atoms with Crippen molar-refractivity contribution in [1.82, 2.24) is 4.57 Å².